The number of allylic oxidation sites excluding steroid dienone is 1. The molecule has 1 saturated heterocycles. The van der Waals surface area contributed by atoms with Gasteiger partial charge in [0.25, 0.3) is 0 Å². The smallest absolute Gasteiger partial charge is 0.121 e. The lowest BCUT2D eigenvalue weighted by molar-refractivity contribution is -0.145. The molecule has 0 bridgehead atoms. The van der Waals surface area contributed by atoms with E-state index in [1.54, 1.807) is 0 Å². The molecule has 2 aliphatic heterocycles. The average Bonchev–Trinajstić information content (AvgIpc) is 2.98. The van der Waals surface area contributed by atoms with Crippen LogP contribution in [0.2, 0.25) is 0 Å². The molecule has 0 aromatic heterocycles. The molecule has 3 rings (SSSR count). The van der Waals surface area contributed by atoms with Crippen molar-refractivity contribution in [3.05, 3.63) is 47.7 Å². The van der Waals surface area contributed by atoms with Crippen LogP contribution in [0.15, 0.2) is 42.2 Å². The first-order chi connectivity index (χ1) is 9.88. The second-order valence-electron chi connectivity index (χ2n) is 5.66. The van der Waals surface area contributed by atoms with E-state index in [0.29, 0.717) is 12.0 Å². The van der Waals surface area contributed by atoms with E-state index in [2.05, 4.69) is 53.7 Å². The molecule has 0 spiro atoms. The molecule has 0 saturated carbocycles. The number of hydrogen-bond acceptors (Lipinski definition) is 3. The van der Waals surface area contributed by atoms with Crippen molar-refractivity contribution in [2.24, 2.45) is 5.92 Å². The zero-order valence-corrected chi connectivity index (χ0v) is 12.2. The third-order valence-corrected chi connectivity index (χ3v) is 4.36. The lowest BCUT2D eigenvalue weighted by atomic mass is 9.85. The largest absolute Gasteiger partial charge is 0.410 e. The van der Waals surface area contributed by atoms with Gasteiger partial charge in [-0.15, -0.1) is 5.06 Å². The predicted molar refractivity (Wildman–Crippen MR) is 80.9 cm³/mol. The van der Waals surface area contributed by atoms with Crippen molar-refractivity contribution < 1.29 is 4.84 Å². The van der Waals surface area contributed by atoms with Crippen molar-refractivity contribution in [1.82, 2.24) is 10.4 Å². The molecule has 0 radical (unpaired) electrons. The Labute approximate surface area is 121 Å². The molecule has 1 aromatic carbocycles. The molecule has 20 heavy (non-hydrogen) atoms. The Kier molecular flexibility index (Phi) is 4.38. The Hall–Kier alpha value is -1.32. The summed E-state index contributed by atoms with van der Waals surface area (Å²) in [5, 5.41) is 5.64. The van der Waals surface area contributed by atoms with Crippen LogP contribution in [-0.2, 0) is 4.84 Å². The fraction of sp³-hybridized carbons (Fsp3) is 0.529. The number of nitrogens with zero attached hydrogens (tertiary/aromatic N) is 1. The van der Waals surface area contributed by atoms with Crippen LogP contribution < -0.4 is 5.32 Å². The van der Waals surface area contributed by atoms with E-state index in [-0.39, 0.29) is 0 Å². The third-order valence-electron chi connectivity index (χ3n) is 4.36. The highest BCUT2D eigenvalue weighted by Gasteiger charge is 2.33. The van der Waals surface area contributed by atoms with E-state index in [0.717, 1.165) is 31.8 Å². The van der Waals surface area contributed by atoms with Crippen LogP contribution in [0, 0.1) is 5.92 Å². The Morgan fingerprint density at radius 3 is 2.65 bits per heavy atom. The zero-order chi connectivity index (χ0) is 13.8. The van der Waals surface area contributed by atoms with E-state index in [9.17, 15) is 0 Å². The summed E-state index contributed by atoms with van der Waals surface area (Å²) in [5.41, 5.74) is 1.38. The lowest BCUT2D eigenvalue weighted by Gasteiger charge is -2.36. The standard InChI is InChI=1S/C17H24N2O/c1-2-16-10-13-19(20-16)17(14-6-4-3-5-7-14)15-8-11-18-12-9-15/h3-7,10,15,17-18H,2,8-9,11-13H2,1H3. The Morgan fingerprint density at radius 2 is 2.00 bits per heavy atom. The fourth-order valence-electron chi connectivity index (χ4n) is 3.28. The summed E-state index contributed by atoms with van der Waals surface area (Å²) in [7, 11) is 0. The van der Waals surface area contributed by atoms with Crippen LogP contribution in [-0.4, -0.2) is 24.7 Å². The second-order valence-corrected chi connectivity index (χ2v) is 5.66. The van der Waals surface area contributed by atoms with Gasteiger partial charge in [-0.3, -0.25) is 0 Å². The molecular weight excluding hydrogens is 248 g/mol. The molecule has 2 heterocycles. The highest BCUT2D eigenvalue weighted by Crippen LogP contribution is 2.36. The second kappa shape index (κ2) is 6.42. The lowest BCUT2D eigenvalue weighted by Crippen LogP contribution is -2.37. The van der Waals surface area contributed by atoms with E-state index in [1.807, 2.05) is 0 Å². The minimum atomic E-state index is 0.374. The fourth-order valence-corrected chi connectivity index (χ4v) is 3.28. The first-order valence-electron chi connectivity index (χ1n) is 7.78. The maximum Gasteiger partial charge on any atom is 0.121 e. The van der Waals surface area contributed by atoms with Crippen molar-refractivity contribution in [2.75, 3.05) is 19.6 Å². The highest BCUT2D eigenvalue weighted by molar-refractivity contribution is 5.20. The highest BCUT2D eigenvalue weighted by atomic mass is 16.7. The van der Waals surface area contributed by atoms with Gasteiger partial charge >= 0.3 is 0 Å². The number of nitrogens with one attached hydrogen (secondary N) is 1. The molecule has 3 heteroatoms. The summed E-state index contributed by atoms with van der Waals surface area (Å²) in [4.78, 5) is 6.05. The first-order valence-corrected chi connectivity index (χ1v) is 7.78. The maximum absolute atomic E-state index is 6.05. The third kappa shape index (κ3) is 2.89. The van der Waals surface area contributed by atoms with Gasteiger partial charge in [-0.2, -0.15) is 0 Å². The molecule has 0 amide bonds. The maximum atomic E-state index is 6.05. The van der Waals surface area contributed by atoms with Gasteiger partial charge in [0, 0.05) is 6.42 Å². The molecule has 1 fully saturated rings. The van der Waals surface area contributed by atoms with Gasteiger partial charge < -0.3 is 10.2 Å². The molecule has 1 atom stereocenters. The summed E-state index contributed by atoms with van der Waals surface area (Å²) in [6.07, 6.45) is 5.64. The summed E-state index contributed by atoms with van der Waals surface area (Å²) in [6, 6.07) is 11.2. The van der Waals surface area contributed by atoms with Gasteiger partial charge in [0.15, 0.2) is 0 Å². The Balaban J connectivity index is 1.80. The number of benzene rings is 1. The Morgan fingerprint density at radius 1 is 1.25 bits per heavy atom. The van der Waals surface area contributed by atoms with Crippen molar-refractivity contribution in [1.29, 1.82) is 0 Å². The van der Waals surface area contributed by atoms with Crippen molar-refractivity contribution in [2.45, 2.75) is 32.2 Å². The minimum Gasteiger partial charge on any atom is -0.410 e. The number of piperidine rings is 1. The quantitative estimate of drug-likeness (QED) is 0.910. The SMILES string of the molecule is CCC1=CCN(C(c2ccccc2)C2CCNCC2)O1. The van der Waals surface area contributed by atoms with Crippen LogP contribution in [0.4, 0.5) is 0 Å². The predicted octanol–water partition coefficient (Wildman–Crippen LogP) is 3.27. The van der Waals surface area contributed by atoms with Gasteiger partial charge in [-0.05, 0) is 43.5 Å². The molecule has 1 aromatic rings. The van der Waals surface area contributed by atoms with Gasteiger partial charge in [-0.1, -0.05) is 37.3 Å². The summed E-state index contributed by atoms with van der Waals surface area (Å²) in [5.74, 6) is 1.78. The minimum absolute atomic E-state index is 0.374. The van der Waals surface area contributed by atoms with Crippen LogP contribution in [0.5, 0.6) is 0 Å². The molecular formula is C17H24N2O. The molecule has 0 aliphatic carbocycles. The number of hydroxylamine groups is 2. The van der Waals surface area contributed by atoms with E-state index < -0.39 is 0 Å². The molecule has 108 valence electrons. The zero-order valence-electron chi connectivity index (χ0n) is 12.2. The summed E-state index contributed by atoms with van der Waals surface area (Å²) >= 11 is 0. The van der Waals surface area contributed by atoms with Gasteiger partial charge in [0.1, 0.15) is 5.76 Å². The van der Waals surface area contributed by atoms with Gasteiger partial charge in [-0.25, -0.2) is 0 Å². The van der Waals surface area contributed by atoms with Crippen LogP contribution in [0.3, 0.4) is 0 Å². The Bertz CT molecular complexity index is 451. The van der Waals surface area contributed by atoms with Crippen LogP contribution >= 0.6 is 0 Å². The molecule has 1 unspecified atom stereocenters. The van der Waals surface area contributed by atoms with Crippen molar-refractivity contribution in [3.8, 4) is 0 Å². The van der Waals surface area contributed by atoms with E-state index in [4.69, 9.17) is 4.84 Å². The summed E-state index contributed by atoms with van der Waals surface area (Å²) < 4.78 is 0. The monoisotopic (exact) mass is 272 g/mol. The van der Waals surface area contributed by atoms with Crippen LogP contribution in [0.25, 0.3) is 0 Å². The van der Waals surface area contributed by atoms with E-state index >= 15 is 0 Å². The van der Waals surface area contributed by atoms with Crippen molar-refractivity contribution >= 4 is 0 Å². The first kappa shape index (κ1) is 13.7. The number of hydrogen-bond donors (Lipinski definition) is 1. The van der Waals surface area contributed by atoms with Crippen LogP contribution in [0.1, 0.15) is 37.8 Å². The van der Waals surface area contributed by atoms with Crippen molar-refractivity contribution in [3.63, 3.8) is 0 Å². The molecule has 1 N–H and O–H groups in total. The van der Waals surface area contributed by atoms with E-state index in [1.165, 1.54) is 18.4 Å². The van der Waals surface area contributed by atoms with Gasteiger partial charge in [0.05, 0.1) is 12.6 Å². The average molecular weight is 272 g/mol. The topological polar surface area (TPSA) is 24.5 Å². The molecule has 3 nitrogen and oxygen atoms in total. The normalized spacial score (nSPS) is 22.4. The molecule has 2 aliphatic rings. The summed E-state index contributed by atoms with van der Waals surface area (Å²) in [6.45, 7) is 5.30. The van der Waals surface area contributed by atoms with Gasteiger partial charge in [0.2, 0.25) is 0 Å². The number of rotatable bonds is 4.